The van der Waals surface area contributed by atoms with Crippen LogP contribution in [-0.4, -0.2) is 51.7 Å². The van der Waals surface area contributed by atoms with E-state index in [0.29, 0.717) is 25.4 Å². The van der Waals surface area contributed by atoms with Crippen molar-refractivity contribution in [2.45, 2.75) is 19.8 Å². The van der Waals surface area contributed by atoms with Crippen LogP contribution in [0.2, 0.25) is 0 Å². The van der Waals surface area contributed by atoms with Crippen LogP contribution in [0.25, 0.3) is 0 Å². The van der Waals surface area contributed by atoms with Crippen molar-refractivity contribution in [3.63, 3.8) is 0 Å². The van der Waals surface area contributed by atoms with Gasteiger partial charge in [-0.25, -0.2) is 13.1 Å². The number of carbonyl (C=O) groups excluding carboxylic acids is 1. The van der Waals surface area contributed by atoms with E-state index in [2.05, 4.69) is 4.72 Å². The maximum Gasteiger partial charge on any atom is 0.260 e. The molecule has 1 aliphatic rings. The number of hydrogen-bond donors (Lipinski definition) is 1. The fourth-order valence-corrected chi connectivity index (χ4v) is 3.22. The monoisotopic (exact) mass is 340 g/mol. The summed E-state index contributed by atoms with van der Waals surface area (Å²) in [5.41, 5.74) is 0.995. The summed E-state index contributed by atoms with van der Waals surface area (Å²) in [7, 11) is -3.19. The largest absolute Gasteiger partial charge is 0.484 e. The lowest BCUT2D eigenvalue weighted by Crippen LogP contribution is -2.45. The molecule has 0 spiro atoms. The number of piperidine rings is 1. The molecule has 0 radical (unpaired) electrons. The van der Waals surface area contributed by atoms with E-state index in [-0.39, 0.29) is 18.4 Å². The summed E-state index contributed by atoms with van der Waals surface area (Å²) in [4.78, 5) is 14.1. The van der Waals surface area contributed by atoms with E-state index in [1.807, 2.05) is 31.2 Å². The molecule has 2 rings (SSSR count). The predicted octanol–water partition coefficient (Wildman–Crippen LogP) is 1.16. The first-order chi connectivity index (χ1) is 10.8. The Kier molecular flexibility index (Phi) is 6.01. The summed E-state index contributed by atoms with van der Waals surface area (Å²) in [6.45, 7) is 3.59. The first kappa shape index (κ1) is 17.7. The van der Waals surface area contributed by atoms with E-state index < -0.39 is 10.0 Å². The van der Waals surface area contributed by atoms with Crippen LogP contribution in [0.3, 0.4) is 0 Å². The lowest BCUT2D eigenvalue weighted by molar-refractivity contribution is -0.135. The molecule has 6 nitrogen and oxygen atoms in total. The molecule has 1 aliphatic heterocycles. The van der Waals surface area contributed by atoms with Crippen LogP contribution in [0.4, 0.5) is 0 Å². The minimum Gasteiger partial charge on any atom is -0.484 e. The standard InChI is InChI=1S/C16H24N2O4S/c1-13-6-3-4-8-15(13)22-12-16(19)18-9-5-7-14(11-18)10-17-23(2,20)21/h3-4,6,8,14,17H,5,7,9-12H2,1-2H3/t14-/m0/s1. The van der Waals surface area contributed by atoms with Gasteiger partial charge < -0.3 is 9.64 Å². The van der Waals surface area contributed by atoms with Gasteiger partial charge in [0.05, 0.1) is 6.26 Å². The van der Waals surface area contributed by atoms with E-state index in [9.17, 15) is 13.2 Å². The highest BCUT2D eigenvalue weighted by Gasteiger charge is 2.24. The second kappa shape index (κ2) is 7.79. The van der Waals surface area contributed by atoms with Crippen molar-refractivity contribution in [2.24, 2.45) is 5.92 Å². The summed E-state index contributed by atoms with van der Waals surface area (Å²) in [6, 6.07) is 7.58. The van der Waals surface area contributed by atoms with E-state index in [1.54, 1.807) is 4.90 Å². The molecule has 1 atom stereocenters. The van der Waals surface area contributed by atoms with Gasteiger partial charge >= 0.3 is 0 Å². The van der Waals surface area contributed by atoms with Crippen LogP contribution in [0.15, 0.2) is 24.3 Å². The van der Waals surface area contributed by atoms with Crippen molar-refractivity contribution in [3.8, 4) is 5.75 Å². The number of benzene rings is 1. The van der Waals surface area contributed by atoms with Gasteiger partial charge in [0.15, 0.2) is 6.61 Å². The number of nitrogens with one attached hydrogen (secondary N) is 1. The Morgan fingerprint density at radius 1 is 1.39 bits per heavy atom. The molecule has 1 heterocycles. The van der Waals surface area contributed by atoms with E-state index in [0.717, 1.165) is 24.7 Å². The van der Waals surface area contributed by atoms with E-state index in [1.165, 1.54) is 0 Å². The average molecular weight is 340 g/mol. The van der Waals surface area contributed by atoms with Gasteiger partial charge in [0.2, 0.25) is 10.0 Å². The molecule has 0 saturated carbocycles. The summed E-state index contributed by atoms with van der Waals surface area (Å²) in [5, 5.41) is 0. The number of rotatable bonds is 6. The van der Waals surface area contributed by atoms with Crippen molar-refractivity contribution >= 4 is 15.9 Å². The molecule has 7 heteroatoms. The number of para-hydroxylation sites is 1. The lowest BCUT2D eigenvalue weighted by Gasteiger charge is -2.32. The van der Waals surface area contributed by atoms with Crippen molar-refractivity contribution in [3.05, 3.63) is 29.8 Å². The molecule has 1 amide bonds. The molecule has 23 heavy (non-hydrogen) atoms. The number of sulfonamides is 1. The Labute approximate surface area is 137 Å². The third kappa shape index (κ3) is 5.84. The summed E-state index contributed by atoms with van der Waals surface area (Å²) in [6.07, 6.45) is 2.95. The molecule has 0 aromatic heterocycles. The second-order valence-corrected chi connectivity index (χ2v) is 7.86. The Balaban J connectivity index is 1.83. The lowest BCUT2D eigenvalue weighted by atomic mass is 9.98. The molecule has 1 aromatic carbocycles. The minimum absolute atomic E-state index is 0.0110. The Morgan fingerprint density at radius 2 is 2.13 bits per heavy atom. The van der Waals surface area contributed by atoms with Crippen molar-refractivity contribution in [1.29, 1.82) is 0 Å². The number of aryl methyl sites for hydroxylation is 1. The third-order valence-corrected chi connectivity index (χ3v) is 4.64. The van der Waals surface area contributed by atoms with Crippen LogP contribution in [-0.2, 0) is 14.8 Å². The molecule has 128 valence electrons. The molecule has 0 unspecified atom stereocenters. The van der Waals surface area contributed by atoms with Crippen LogP contribution < -0.4 is 9.46 Å². The highest BCUT2D eigenvalue weighted by molar-refractivity contribution is 7.88. The van der Waals surface area contributed by atoms with Gasteiger partial charge in [-0.05, 0) is 37.3 Å². The minimum atomic E-state index is -3.19. The molecule has 0 bridgehead atoms. The van der Waals surface area contributed by atoms with Crippen molar-refractivity contribution < 1.29 is 17.9 Å². The second-order valence-electron chi connectivity index (χ2n) is 6.02. The first-order valence-electron chi connectivity index (χ1n) is 7.76. The van der Waals surface area contributed by atoms with Gasteiger partial charge in [-0.2, -0.15) is 0 Å². The molecule has 1 saturated heterocycles. The highest BCUT2D eigenvalue weighted by atomic mass is 32.2. The van der Waals surface area contributed by atoms with Gasteiger partial charge in [0.1, 0.15) is 5.75 Å². The van der Waals surface area contributed by atoms with Gasteiger partial charge in [0, 0.05) is 19.6 Å². The first-order valence-corrected chi connectivity index (χ1v) is 9.65. The number of likely N-dealkylation sites (tertiary alicyclic amines) is 1. The Bertz CT molecular complexity index is 645. The summed E-state index contributed by atoms with van der Waals surface area (Å²) < 4.78 is 30.5. The van der Waals surface area contributed by atoms with E-state index >= 15 is 0 Å². The van der Waals surface area contributed by atoms with E-state index in [4.69, 9.17) is 4.74 Å². The normalized spacial score (nSPS) is 18.7. The summed E-state index contributed by atoms with van der Waals surface area (Å²) >= 11 is 0. The number of carbonyl (C=O) groups is 1. The number of nitrogens with zero attached hydrogens (tertiary/aromatic N) is 1. The molecule has 0 aliphatic carbocycles. The topological polar surface area (TPSA) is 75.7 Å². The number of amides is 1. The predicted molar refractivity (Wildman–Crippen MR) is 88.8 cm³/mol. The Hall–Kier alpha value is -1.60. The third-order valence-electron chi connectivity index (χ3n) is 3.95. The SMILES string of the molecule is Cc1ccccc1OCC(=O)N1CCC[C@@H](CNS(C)(=O)=O)C1. The van der Waals surface area contributed by atoms with Crippen LogP contribution in [0.1, 0.15) is 18.4 Å². The Morgan fingerprint density at radius 3 is 2.83 bits per heavy atom. The quantitative estimate of drug-likeness (QED) is 0.843. The number of hydrogen-bond acceptors (Lipinski definition) is 4. The highest BCUT2D eigenvalue weighted by Crippen LogP contribution is 2.18. The zero-order valence-electron chi connectivity index (χ0n) is 13.6. The van der Waals surface area contributed by atoms with Crippen molar-refractivity contribution in [2.75, 3.05) is 32.5 Å². The molecule has 1 fully saturated rings. The fourth-order valence-electron chi connectivity index (χ4n) is 2.68. The van der Waals surface area contributed by atoms with Crippen LogP contribution in [0.5, 0.6) is 5.75 Å². The smallest absolute Gasteiger partial charge is 0.260 e. The summed E-state index contributed by atoms with van der Waals surface area (Å²) in [5.74, 6) is 0.811. The van der Waals surface area contributed by atoms with Crippen LogP contribution in [0, 0.1) is 12.8 Å². The zero-order chi connectivity index (χ0) is 16.9. The molecule has 1 N–H and O–H groups in total. The average Bonchev–Trinajstić information content (AvgIpc) is 2.51. The van der Waals surface area contributed by atoms with Crippen LogP contribution >= 0.6 is 0 Å². The maximum absolute atomic E-state index is 12.3. The van der Waals surface area contributed by atoms with Crippen molar-refractivity contribution in [1.82, 2.24) is 9.62 Å². The molecule has 1 aromatic rings. The fraction of sp³-hybridized carbons (Fsp3) is 0.562. The maximum atomic E-state index is 12.3. The van der Waals surface area contributed by atoms with Gasteiger partial charge in [-0.1, -0.05) is 18.2 Å². The zero-order valence-corrected chi connectivity index (χ0v) is 14.4. The molecular weight excluding hydrogens is 316 g/mol. The van der Waals surface area contributed by atoms with Gasteiger partial charge in [-0.3, -0.25) is 4.79 Å². The molecular formula is C16H24N2O4S. The van der Waals surface area contributed by atoms with Gasteiger partial charge in [0.25, 0.3) is 5.91 Å². The van der Waals surface area contributed by atoms with Gasteiger partial charge in [-0.15, -0.1) is 0 Å². The number of ether oxygens (including phenoxy) is 1.